The highest BCUT2D eigenvalue weighted by Crippen LogP contribution is 2.27. The molecule has 0 amide bonds. The quantitative estimate of drug-likeness (QED) is 0.137. The number of carboxylic acid groups (broad SMARTS) is 1. The second-order valence-electron chi connectivity index (χ2n) is 9.39. The first kappa shape index (κ1) is 32.4. The van der Waals surface area contributed by atoms with Gasteiger partial charge >= 0.3 is 6.16 Å². The molecular formula is C27H57NO3. The number of unbranched alkanes of at least 4 members (excludes halogenated alkanes) is 15. The smallest absolute Gasteiger partial charge is 0.450 e. The van der Waals surface area contributed by atoms with Crippen molar-refractivity contribution >= 4 is 6.16 Å². The molecule has 31 heavy (non-hydrogen) atoms. The van der Waals surface area contributed by atoms with E-state index in [4.69, 9.17) is 15.6 Å². The molecule has 0 spiro atoms. The molecule has 0 bridgehead atoms. The van der Waals surface area contributed by atoms with Gasteiger partial charge in [-0.3, -0.25) is 0 Å². The normalized spacial score (nSPS) is 11.1. The van der Waals surface area contributed by atoms with E-state index in [0.717, 1.165) is 7.11 Å². The maximum absolute atomic E-state index is 9.15. The van der Waals surface area contributed by atoms with Crippen molar-refractivity contribution in [2.45, 2.75) is 161 Å². The second-order valence-corrected chi connectivity index (χ2v) is 9.39. The van der Waals surface area contributed by atoms with Gasteiger partial charge in [-0.15, -0.1) is 0 Å². The van der Waals surface area contributed by atoms with Gasteiger partial charge in [0.25, 0.3) is 0 Å². The summed E-state index contributed by atoms with van der Waals surface area (Å²) in [6.07, 6.45) is 27.6. The molecule has 3 N–H and O–H groups in total. The molecule has 188 valence electrons. The van der Waals surface area contributed by atoms with Gasteiger partial charge in [0.1, 0.15) is 0 Å². The molecule has 0 rings (SSSR count). The summed E-state index contributed by atoms with van der Waals surface area (Å²) in [5, 5.41) is 7.50. The maximum atomic E-state index is 9.15. The lowest BCUT2D eigenvalue weighted by Gasteiger charge is -2.30. The Morgan fingerprint density at radius 3 is 1.06 bits per heavy atom. The Kier molecular flexibility index (Phi) is 26.6. The van der Waals surface area contributed by atoms with Gasteiger partial charge in [-0.1, -0.05) is 136 Å². The summed E-state index contributed by atoms with van der Waals surface area (Å²) in [6, 6.07) is 0. The summed E-state index contributed by atoms with van der Waals surface area (Å²) in [5.74, 6) is 0. The van der Waals surface area contributed by atoms with Gasteiger partial charge in [0.15, 0.2) is 0 Å². The molecule has 0 aromatic carbocycles. The van der Waals surface area contributed by atoms with Crippen molar-refractivity contribution in [3.8, 4) is 0 Å². The molecule has 0 aliphatic carbocycles. The highest BCUT2D eigenvalue weighted by atomic mass is 16.6. The molecule has 0 atom stereocenters. The van der Waals surface area contributed by atoms with E-state index in [2.05, 4.69) is 25.5 Å². The molecule has 0 aromatic heterocycles. The third-order valence-corrected chi connectivity index (χ3v) is 6.26. The van der Waals surface area contributed by atoms with Crippen molar-refractivity contribution in [3.63, 3.8) is 0 Å². The Morgan fingerprint density at radius 1 is 0.613 bits per heavy atom. The van der Waals surface area contributed by atoms with Crippen molar-refractivity contribution in [2.75, 3.05) is 7.11 Å². The fourth-order valence-electron chi connectivity index (χ4n) is 4.15. The molecule has 0 saturated carbocycles. The summed E-state index contributed by atoms with van der Waals surface area (Å²) in [7, 11) is 1.10. The third-order valence-electron chi connectivity index (χ3n) is 6.26. The van der Waals surface area contributed by atoms with Crippen LogP contribution >= 0.6 is 0 Å². The highest BCUT2D eigenvalue weighted by Gasteiger charge is 2.23. The van der Waals surface area contributed by atoms with Gasteiger partial charge in [0.05, 0.1) is 7.11 Å². The van der Waals surface area contributed by atoms with Crippen LogP contribution in [0.15, 0.2) is 0 Å². The van der Waals surface area contributed by atoms with E-state index >= 15 is 0 Å². The monoisotopic (exact) mass is 443 g/mol. The van der Waals surface area contributed by atoms with Crippen LogP contribution in [0.2, 0.25) is 0 Å². The van der Waals surface area contributed by atoms with Gasteiger partial charge in [-0.25, -0.2) is 4.79 Å². The number of nitrogens with two attached hydrogens (primary N) is 1. The minimum Gasteiger partial charge on any atom is -0.450 e. The van der Waals surface area contributed by atoms with Gasteiger partial charge < -0.3 is 15.6 Å². The zero-order valence-electron chi connectivity index (χ0n) is 21.7. The Labute approximate surface area is 195 Å². The number of rotatable bonds is 21. The zero-order valence-corrected chi connectivity index (χ0v) is 21.7. The number of carbonyl (C=O) groups is 1. The van der Waals surface area contributed by atoms with Crippen molar-refractivity contribution in [1.29, 1.82) is 0 Å². The first-order chi connectivity index (χ1) is 15.0. The zero-order chi connectivity index (χ0) is 23.6. The number of methoxy groups -OCH3 is 1. The fourth-order valence-corrected chi connectivity index (χ4v) is 4.15. The van der Waals surface area contributed by atoms with Gasteiger partial charge in [-0.2, -0.15) is 0 Å². The van der Waals surface area contributed by atoms with E-state index in [0.29, 0.717) is 0 Å². The van der Waals surface area contributed by atoms with Crippen LogP contribution in [0, 0.1) is 0 Å². The van der Waals surface area contributed by atoms with Crippen LogP contribution in [-0.4, -0.2) is 23.9 Å². The summed E-state index contributed by atoms with van der Waals surface area (Å²) in [4.78, 5) is 9.15. The summed E-state index contributed by atoms with van der Waals surface area (Å²) < 4.78 is 3.67. The van der Waals surface area contributed by atoms with E-state index in [1.54, 1.807) is 0 Å². The fraction of sp³-hybridized carbons (Fsp3) is 0.963. The topological polar surface area (TPSA) is 72.5 Å². The first-order valence-corrected chi connectivity index (χ1v) is 13.5. The molecule has 0 aromatic rings. The second kappa shape index (κ2) is 25.5. The molecule has 4 nitrogen and oxygen atoms in total. The average Bonchev–Trinajstić information content (AvgIpc) is 2.76. The lowest BCUT2D eigenvalue weighted by atomic mass is 9.82. The average molecular weight is 444 g/mol. The molecule has 0 aliphatic heterocycles. The maximum Gasteiger partial charge on any atom is 0.505 e. The van der Waals surface area contributed by atoms with Gasteiger partial charge in [0.2, 0.25) is 0 Å². The lowest BCUT2D eigenvalue weighted by Crippen LogP contribution is -2.39. The van der Waals surface area contributed by atoms with Crippen molar-refractivity contribution in [1.82, 2.24) is 0 Å². The Hall–Kier alpha value is -0.770. The van der Waals surface area contributed by atoms with Crippen LogP contribution in [0.1, 0.15) is 156 Å². The molecule has 0 aliphatic rings. The van der Waals surface area contributed by atoms with Crippen LogP contribution in [0.5, 0.6) is 0 Å². The number of hydrogen-bond acceptors (Lipinski definition) is 3. The molecule has 0 fully saturated rings. The predicted molar refractivity (Wildman–Crippen MR) is 136 cm³/mol. The van der Waals surface area contributed by atoms with E-state index in [-0.39, 0.29) is 5.54 Å². The predicted octanol–water partition coefficient (Wildman–Crippen LogP) is 9.25. The Morgan fingerprint density at radius 2 is 0.839 bits per heavy atom. The Bertz CT molecular complexity index is 320. The Balaban J connectivity index is 0. The summed E-state index contributed by atoms with van der Waals surface area (Å²) in [6.45, 7) is 6.89. The number of ether oxygens (including phenoxy) is 1. The minimum absolute atomic E-state index is 0.139. The van der Waals surface area contributed by atoms with Crippen molar-refractivity contribution in [3.05, 3.63) is 0 Å². The SMILES string of the molecule is CCCCCCCCC(N)(CCCCCCCC)CCCCCCCC.COC(=O)O. The molecule has 0 heterocycles. The van der Waals surface area contributed by atoms with Crippen molar-refractivity contribution in [2.24, 2.45) is 5.73 Å². The number of hydrogen-bond donors (Lipinski definition) is 2. The van der Waals surface area contributed by atoms with E-state index in [9.17, 15) is 0 Å². The van der Waals surface area contributed by atoms with Crippen LogP contribution in [0.3, 0.4) is 0 Å². The standard InChI is InChI=1S/C25H53N.C2H4O3/c1-4-7-10-13-16-19-22-25(26,23-20-17-14-11-8-5-2)24-21-18-15-12-9-6-3;1-5-2(3)4/h4-24,26H2,1-3H3;1H3,(H,3,4). The van der Waals surface area contributed by atoms with E-state index in [1.807, 2.05) is 0 Å². The third kappa shape index (κ3) is 27.2. The van der Waals surface area contributed by atoms with Gasteiger partial charge in [0, 0.05) is 5.54 Å². The first-order valence-electron chi connectivity index (χ1n) is 13.5. The van der Waals surface area contributed by atoms with Crippen molar-refractivity contribution < 1.29 is 14.6 Å². The molecule has 0 saturated heterocycles. The van der Waals surface area contributed by atoms with Crippen LogP contribution in [0.25, 0.3) is 0 Å². The largest absolute Gasteiger partial charge is 0.505 e. The summed E-state index contributed by atoms with van der Waals surface area (Å²) in [5.41, 5.74) is 7.06. The van der Waals surface area contributed by atoms with E-state index < -0.39 is 6.16 Å². The minimum atomic E-state index is -1.25. The molecule has 0 radical (unpaired) electrons. The van der Waals surface area contributed by atoms with E-state index in [1.165, 1.54) is 135 Å². The summed E-state index contributed by atoms with van der Waals surface area (Å²) >= 11 is 0. The van der Waals surface area contributed by atoms with Crippen LogP contribution < -0.4 is 5.73 Å². The van der Waals surface area contributed by atoms with Crippen LogP contribution in [0.4, 0.5) is 4.79 Å². The highest BCUT2D eigenvalue weighted by molar-refractivity contribution is 5.56. The lowest BCUT2D eigenvalue weighted by molar-refractivity contribution is 0.114. The van der Waals surface area contributed by atoms with Crippen LogP contribution in [-0.2, 0) is 4.74 Å². The van der Waals surface area contributed by atoms with Gasteiger partial charge in [-0.05, 0) is 19.3 Å². The molecular weight excluding hydrogens is 386 g/mol. The molecule has 4 heteroatoms. The molecule has 0 unspecified atom stereocenters.